The first kappa shape index (κ1) is 24.4. The average molecular weight is 460 g/mol. The van der Waals surface area contributed by atoms with Gasteiger partial charge in [0.25, 0.3) is 0 Å². The van der Waals surface area contributed by atoms with Crippen LogP contribution in [0, 0.1) is 5.82 Å². The number of rotatable bonds is 5. The fraction of sp³-hybridized carbons (Fsp3) is 0.440. The lowest BCUT2D eigenvalue weighted by atomic mass is 9.79. The van der Waals surface area contributed by atoms with Gasteiger partial charge >= 0.3 is 12.1 Å². The highest BCUT2D eigenvalue weighted by Crippen LogP contribution is 2.45. The number of esters is 1. The van der Waals surface area contributed by atoms with Crippen LogP contribution in [0.4, 0.5) is 9.18 Å². The molecule has 1 heterocycles. The van der Waals surface area contributed by atoms with Crippen molar-refractivity contribution >= 4 is 12.1 Å². The fourth-order valence-corrected chi connectivity index (χ4v) is 3.99. The van der Waals surface area contributed by atoms with Crippen LogP contribution in [0.5, 0.6) is 17.2 Å². The lowest BCUT2D eigenvalue weighted by Gasteiger charge is -2.45. The highest BCUT2D eigenvalue weighted by molar-refractivity contribution is 5.76. The SMILES string of the molecule is COC(=O)C[C@]1(C)c2cc(Oc3cccc(F)c3)c(OC)cc2CCN1C(=O)OC(C)(C)C. The Morgan fingerprint density at radius 2 is 1.85 bits per heavy atom. The molecule has 0 unspecified atom stereocenters. The highest BCUT2D eigenvalue weighted by atomic mass is 19.1. The number of carbonyl (C=O) groups is 2. The molecule has 8 heteroatoms. The molecule has 0 saturated carbocycles. The molecule has 0 fully saturated rings. The molecular formula is C25H30FNO6. The monoisotopic (exact) mass is 459 g/mol. The first-order chi connectivity index (χ1) is 15.5. The summed E-state index contributed by atoms with van der Waals surface area (Å²) in [5.74, 6) is 0.189. The van der Waals surface area contributed by atoms with E-state index in [4.69, 9.17) is 18.9 Å². The lowest BCUT2D eigenvalue weighted by Crippen LogP contribution is -2.54. The minimum absolute atomic E-state index is 0.0819. The van der Waals surface area contributed by atoms with Crippen molar-refractivity contribution in [2.45, 2.75) is 51.7 Å². The minimum Gasteiger partial charge on any atom is -0.493 e. The van der Waals surface area contributed by atoms with Gasteiger partial charge in [-0.2, -0.15) is 0 Å². The maximum atomic E-state index is 13.7. The van der Waals surface area contributed by atoms with Gasteiger partial charge in [-0.05, 0) is 69.5 Å². The van der Waals surface area contributed by atoms with Crippen LogP contribution in [0.25, 0.3) is 0 Å². The number of methoxy groups -OCH3 is 2. The molecule has 0 N–H and O–H groups in total. The average Bonchev–Trinajstić information content (AvgIpc) is 2.72. The van der Waals surface area contributed by atoms with Gasteiger partial charge in [0.05, 0.1) is 26.2 Å². The maximum Gasteiger partial charge on any atom is 0.411 e. The van der Waals surface area contributed by atoms with E-state index in [0.29, 0.717) is 35.8 Å². The lowest BCUT2D eigenvalue weighted by molar-refractivity contribution is -0.144. The number of ether oxygens (including phenoxy) is 4. The van der Waals surface area contributed by atoms with Crippen LogP contribution in [-0.4, -0.2) is 43.3 Å². The number of benzene rings is 2. The zero-order chi connectivity index (χ0) is 24.4. The predicted octanol–water partition coefficient (Wildman–Crippen LogP) is 5.20. The summed E-state index contributed by atoms with van der Waals surface area (Å²) in [6, 6.07) is 9.32. The summed E-state index contributed by atoms with van der Waals surface area (Å²) in [6.07, 6.45) is -0.0772. The molecule has 3 rings (SSSR count). The molecule has 1 atom stereocenters. The third-order valence-electron chi connectivity index (χ3n) is 5.52. The Bertz CT molecular complexity index is 1050. The Hall–Kier alpha value is -3.29. The topological polar surface area (TPSA) is 74.3 Å². The Kier molecular flexibility index (Phi) is 6.86. The van der Waals surface area contributed by atoms with Crippen molar-refractivity contribution in [2.75, 3.05) is 20.8 Å². The Morgan fingerprint density at radius 1 is 1.12 bits per heavy atom. The second-order valence-electron chi connectivity index (χ2n) is 9.13. The van der Waals surface area contributed by atoms with Crippen LogP contribution in [0.3, 0.4) is 0 Å². The molecule has 1 amide bonds. The zero-order valence-electron chi connectivity index (χ0n) is 19.9. The van der Waals surface area contributed by atoms with E-state index in [9.17, 15) is 14.0 Å². The number of fused-ring (bicyclic) bond motifs is 1. The van der Waals surface area contributed by atoms with Gasteiger partial charge in [0.15, 0.2) is 11.5 Å². The smallest absolute Gasteiger partial charge is 0.411 e. The van der Waals surface area contributed by atoms with Crippen molar-refractivity contribution in [3.63, 3.8) is 0 Å². The van der Waals surface area contributed by atoms with Gasteiger partial charge in [-0.1, -0.05) is 6.07 Å². The van der Waals surface area contributed by atoms with Gasteiger partial charge in [0.2, 0.25) is 0 Å². The van der Waals surface area contributed by atoms with Gasteiger partial charge in [-0.15, -0.1) is 0 Å². The van der Waals surface area contributed by atoms with E-state index < -0.39 is 29.0 Å². The van der Waals surface area contributed by atoms with Crippen molar-refractivity contribution in [1.29, 1.82) is 0 Å². The van der Waals surface area contributed by atoms with Gasteiger partial charge < -0.3 is 18.9 Å². The largest absolute Gasteiger partial charge is 0.493 e. The minimum atomic E-state index is -1.06. The first-order valence-corrected chi connectivity index (χ1v) is 10.7. The van der Waals surface area contributed by atoms with Gasteiger partial charge in [-0.3, -0.25) is 9.69 Å². The molecule has 2 aromatic carbocycles. The van der Waals surface area contributed by atoms with E-state index in [-0.39, 0.29) is 6.42 Å². The summed E-state index contributed by atoms with van der Waals surface area (Å²) in [4.78, 5) is 27.0. The number of amides is 1. The number of halogens is 1. The Morgan fingerprint density at radius 3 is 2.45 bits per heavy atom. The molecule has 0 spiro atoms. The standard InChI is InChI=1S/C25H30FNO6/c1-24(2,3)33-23(29)27-11-10-16-12-20(30-5)21(32-18-9-7-8-17(26)13-18)14-19(16)25(27,4)15-22(28)31-6/h7-9,12-14H,10-11,15H2,1-6H3/t25-/m1/s1. The van der Waals surface area contributed by atoms with E-state index in [1.54, 1.807) is 50.8 Å². The predicted molar refractivity (Wildman–Crippen MR) is 120 cm³/mol. The first-order valence-electron chi connectivity index (χ1n) is 10.7. The van der Waals surface area contributed by atoms with Gasteiger partial charge in [-0.25, -0.2) is 9.18 Å². The van der Waals surface area contributed by atoms with E-state index in [1.807, 2.05) is 6.07 Å². The quantitative estimate of drug-likeness (QED) is 0.573. The number of carbonyl (C=O) groups excluding carboxylic acids is 2. The fourth-order valence-electron chi connectivity index (χ4n) is 3.99. The van der Waals surface area contributed by atoms with Crippen molar-refractivity contribution in [2.24, 2.45) is 0 Å². The van der Waals surface area contributed by atoms with Crippen molar-refractivity contribution in [3.05, 3.63) is 53.3 Å². The second-order valence-corrected chi connectivity index (χ2v) is 9.13. The molecule has 7 nitrogen and oxygen atoms in total. The molecular weight excluding hydrogens is 429 g/mol. The maximum absolute atomic E-state index is 13.7. The van der Waals surface area contributed by atoms with Crippen LogP contribution >= 0.6 is 0 Å². The Labute approximate surface area is 193 Å². The van der Waals surface area contributed by atoms with E-state index in [1.165, 1.54) is 26.4 Å². The molecule has 2 aromatic rings. The van der Waals surface area contributed by atoms with Crippen molar-refractivity contribution < 1.29 is 32.9 Å². The summed E-state index contributed by atoms with van der Waals surface area (Å²) in [5, 5.41) is 0. The van der Waals surface area contributed by atoms with Crippen LogP contribution in [0.15, 0.2) is 36.4 Å². The summed E-state index contributed by atoms with van der Waals surface area (Å²) in [7, 11) is 2.82. The molecule has 1 aliphatic heterocycles. The third kappa shape index (κ3) is 5.38. The summed E-state index contributed by atoms with van der Waals surface area (Å²) < 4.78 is 35.7. The molecule has 0 aromatic heterocycles. The third-order valence-corrected chi connectivity index (χ3v) is 5.52. The van der Waals surface area contributed by atoms with E-state index in [0.717, 1.165) is 5.56 Å². The van der Waals surface area contributed by atoms with E-state index >= 15 is 0 Å². The van der Waals surface area contributed by atoms with Gasteiger partial charge in [0.1, 0.15) is 17.2 Å². The van der Waals surface area contributed by atoms with Gasteiger partial charge in [0, 0.05) is 12.6 Å². The molecule has 0 radical (unpaired) electrons. The number of hydrogen-bond acceptors (Lipinski definition) is 6. The Balaban J connectivity index is 2.10. The molecule has 1 aliphatic rings. The molecule has 0 bridgehead atoms. The second kappa shape index (κ2) is 9.29. The molecule has 0 saturated heterocycles. The zero-order valence-corrected chi connectivity index (χ0v) is 19.9. The van der Waals surface area contributed by atoms with Crippen molar-refractivity contribution in [1.82, 2.24) is 4.90 Å². The summed E-state index contributed by atoms with van der Waals surface area (Å²) in [6.45, 7) is 7.51. The van der Waals surface area contributed by atoms with Crippen LogP contribution in [0.2, 0.25) is 0 Å². The van der Waals surface area contributed by atoms with E-state index in [2.05, 4.69) is 0 Å². The molecule has 0 aliphatic carbocycles. The van der Waals surface area contributed by atoms with Crippen LogP contribution < -0.4 is 9.47 Å². The van der Waals surface area contributed by atoms with Crippen LogP contribution in [0.1, 0.15) is 45.2 Å². The van der Waals surface area contributed by atoms with Crippen molar-refractivity contribution in [3.8, 4) is 17.2 Å². The normalized spacial score (nSPS) is 17.7. The highest BCUT2D eigenvalue weighted by Gasteiger charge is 2.45. The van der Waals surface area contributed by atoms with Crippen LogP contribution in [-0.2, 0) is 26.2 Å². The summed E-state index contributed by atoms with van der Waals surface area (Å²) in [5.41, 5.74) is -0.147. The molecule has 178 valence electrons. The number of nitrogens with zero attached hydrogens (tertiary/aromatic N) is 1. The molecule has 33 heavy (non-hydrogen) atoms. The summed E-state index contributed by atoms with van der Waals surface area (Å²) >= 11 is 0. The number of hydrogen-bond donors (Lipinski definition) is 0.